The minimum atomic E-state index is 0. The van der Waals surface area contributed by atoms with Gasteiger partial charge in [0.2, 0.25) is 0 Å². The monoisotopic (exact) mass is 433 g/mol. The molecule has 0 spiro atoms. The van der Waals surface area contributed by atoms with Crippen LogP contribution in [0.2, 0.25) is 0 Å². The van der Waals surface area contributed by atoms with E-state index in [1.807, 2.05) is 31.3 Å². The molecule has 0 aromatic carbocycles. The Labute approximate surface area is 158 Å². The van der Waals surface area contributed by atoms with Crippen LogP contribution in [0.5, 0.6) is 0 Å². The van der Waals surface area contributed by atoms with Crippen molar-refractivity contribution in [2.24, 2.45) is 10.9 Å². The summed E-state index contributed by atoms with van der Waals surface area (Å²) in [6.45, 7) is 6.25. The lowest BCUT2D eigenvalue weighted by molar-refractivity contribution is 0.534. The lowest BCUT2D eigenvalue weighted by atomic mass is 10.1. The molecule has 0 fully saturated rings. The Kier molecular flexibility index (Phi) is 11.8. The van der Waals surface area contributed by atoms with E-state index >= 15 is 0 Å². The number of hydrogen-bond donors (Lipinski definition) is 2. The Morgan fingerprint density at radius 3 is 2.61 bits per heavy atom. The first-order valence-electron chi connectivity index (χ1n) is 8.09. The summed E-state index contributed by atoms with van der Waals surface area (Å²) in [5, 5.41) is 6.71. The van der Waals surface area contributed by atoms with E-state index in [1.165, 1.54) is 24.8 Å². The van der Waals surface area contributed by atoms with Crippen molar-refractivity contribution >= 4 is 35.8 Å². The molecule has 2 N–H and O–H groups in total. The first kappa shape index (κ1) is 21.9. The maximum absolute atomic E-state index is 4.32. The van der Waals surface area contributed by atoms with Crippen molar-refractivity contribution in [1.29, 1.82) is 0 Å². The largest absolute Gasteiger partial charge is 0.363 e. The molecule has 1 heterocycles. The molecule has 0 aliphatic rings. The second kappa shape index (κ2) is 12.4. The van der Waals surface area contributed by atoms with Crippen LogP contribution in [-0.2, 0) is 6.54 Å². The smallest absolute Gasteiger partial charge is 0.191 e. The van der Waals surface area contributed by atoms with Crippen LogP contribution in [-0.4, -0.2) is 38.6 Å². The number of aliphatic imine (C=N–C) groups is 1. The van der Waals surface area contributed by atoms with Gasteiger partial charge in [-0.05, 0) is 30.0 Å². The van der Waals surface area contributed by atoms with Gasteiger partial charge < -0.3 is 15.5 Å². The number of unbranched alkanes of at least 4 members (excludes halogenated alkanes) is 1. The van der Waals surface area contributed by atoms with Crippen LogP contribution in [0, 0.1) is 5.92 Å². The van der Waals surface area contributed by atoms with Gasteiger partial charge in [0.15, 0.2) is 5.96 Å². The average Bonchev–Trinajstić information content (AvgIpc) is 2.50. The number of hydrogen-bond acceptors (Lipinski definition) is 3. The normalized spacial score (nSPS) is 11.1. The number of anilines is 1. The number of nitrogens with one attached hydrogen (secondary N) is 2. The van der Waals surface area contributed by atoms with E-state index < -0.39 is 0 Å². The Morgan fingerprint density at radius 1 is 1.26 bits per heavy atom. The summed E-state index contributed by atoms with van der Waals surface area (Å²) in [6.07, 6.45) is 5.57. The van der Waals surface area contributed by atoms with Crippen LogP contribution in [0.1, 0.15) is 38.7 Å². The van der Waals surface area contributed by atoms with Crippen molar-refractivity contribution in [2.75, 3.05) is 32.6 Å². The fourth-order valence-corrected chi connectivity index (χ4v) is 2.11. The third-order valence-electron chi connectivity index (χ3n) is 3.45. The van der Waals surface area contributed by atoms with Gasteiger partial charge in [-0.3, -0.25) is 4.99 Å². The highest BCUT2D eigenvalue weighted by molar-refractivity contribution is 14.0. The van der Waals surface area contributed by atoms with Crippen molar-refractivity contribution in [3.8, 4) is 0 Å². The lowest BCUT2D eigenvalue weighted by Gasteiger charge is -2.14. The van der Waals surface area contributed by atoms with E-state index in [9.17, 15) is 0 Å². The topological polar surface area (TPSA) is 52.6 Å². The molecule has 23 heavy (non-hydrogen) atoms. The Morgan fingerprint density at radius 2 is 2.00 bits per heavy atom. The third-order valence-corrected chi connectivity index (χ3v) is 3.45. The SMILES string of the molecule is CN=C(NCCCCC(C)C)NCc1ccnc(N(C)C)c1.I. The molecule has 0 bridgehead atoms. The van der Waals surface area contributed by atoms with Crippen molar-refractivity contribution in [1.82, 2.24) is 15.6 Å². The summed E-state index contributed by atoms with van der Waals surface area (Å²) in [4.78, 5) is 10.6. The highest BCUT2D eigenvalue weighted by Gasteiger charge is 2.01. The third kappa shape index (κ3) is 9.63. The maximum Gasteiger partial charge on any atom is 0.191 e. The number of pyridine rings is 1. The van der Waals surface area contributed by atoms with Crippen molar-refractivity contribution < 1.29 is 0 Å². The molecule has 0 aliphatic heterocycles. The fraction of sp³-hybridized carbons (Fsp3) is 0.647. The van der Waals surface area contributed by atoms with E-state index in [0.717, 1.165) is 30.8 Å². The highest BCUT2D eigenvalue weighted by Crippen LogP contribution is 2.09. The molecule has 6 heteroatoms. The molecule has 0 atom stereocenters. The van der Waals surface area contributed by atoms with Gasteiger partial charge >= 0.3 is 0 Å². The van der Waals surface area contributed by atoms with Gasteiger partial charge in [0.1, 0.15) is 5.82 Å². The van der Waals surface area contributed by atoms with Gasteiger partial charge in [0, 0.05) is 40.4 Å². The number of guanidine groups is 1. The van der Waals surface area contributed by atoms with Crippen LogP contribution < -0.4 is 15.5 Å². The van der Waals surface area contributed by atoms with Gasteiger partial charge in [-0.2, -0.15) is 0 Å². The molecule has 1 aromatic rings. The number of halogens is 1. The van der Waals surface area contributed by atoms with Gasteiger partial charge in [-0.25, -0.2) is 4.98 Å². The van der Waals surface area contributed by atoms with Crippen molar-refractivity contribution in [3.63, 3.8) is 0 Å². The summed E-state index contributed by atoms with van der Waals surface area (Å²) in [6, 6.07) is 4.11. The van der Waals surface area contributed by atoms with Crippen molar-refractivity contribution in [2.45, 2.75) is 39.7 Å². The standard InChI is InChI=1S/C17H31N5.HI/c1-14(2)8-6-7-10-20-17(18-3)21-13-15-9-11-19-16(12-15)22(4)5;/h9,11-12,14H,6-8,10,13H2,1-5H3,(H2,18,20,21);1H. The Balaban J connectivity index is 0.00000484. The maximum atomic E-state index is 4.32. The molecule has 1 rings (SSSR count). The minimum Gasteiger partial charge on any atom is -0.363 e. The van der Waals surface area contributed by atoms with Crippen LogP contribution in [0.25, 0.3) is 0 Å². The van der Waals surface area contributed by atoms with Crippen LogP contribution in [0.4, 0.5) is 5.82 Å². The van der Waals surface area contributed by atoms with Crippen LogP contribution in [0.15, 0.2) is 23.3 Å². The summed E-state index contributed by atoms with van der Waals surface area (Å²) in [7, 11) is 5.80. The molecule has 0 unspecified atom stereocenters. The molecular formula is C17H32IN5. The predicted molar refractivity (Wildman–Crippen MR) is 111 cm³/mol. The van der Waals surface area contributed by atoms with E-state index in [1.54, 1.807) is 7.05 Å². The number of aromatic nitrogens is 1. The molecule has 0 aliphatic carbocycles. The quantitative estimate of drug-likeness (QED) is 0.286. The molecule has 1 aromatic heterocycles. The van der Waals surface area contributed by atoms with E-state index in [2.05, 4.69) is 40.5 Å². The zero-order valence-electron chi connectivity index (χ0n) is 15.1. The molecule has 0 saturated heterocycles. The molecular weight excluding hydrogens is 401 g/mol. The van der Waals surface area contributed by atoms with Gasteiger partial charge in [0.25, 0.3) is 0 Å². The summed E-state index contributed by atoms with van der Waals surface area (Å²) in [5.74, 6) is 2.61. The van der Waals surface area contributed by atoms with E-state index in [0.29, 0.717) is 0 Å². The summed E-state index contributed by atoms with van der Waals surface area (Å²) in [5.41, 5.74) is 1.20. The van der Waals surface area contributed by atoms with Crippen LogP contribution >= 0.6 is 24.0 Å². The second-order valence-electron chi connectivity index (χ2n) is 6.16. The highest BCUT2D eigenvalue weighted by atomic mass is 127. The zero-order valence-corrected chi connectivity index (χ0v) is 17.4. The lowest BCUT2D eigenvalue weighted by Crippen LogP contribution is -2.37. The molecule has 132 valence electrons. The van der Waals surface area contributed by atoms with E-state index in [-0.39, 0.29) is 24.0 Å². The Hall–Kier alpha value is -1.05. The molecule has 0 amide bonds. The van der Waals surface area contributed by atoms with E-state index in [4.69, 9.17) is 0 Å². The molecule has 0 radical (unpaired) electrons. The first-order valence-corrected chi connectivity index (χ1v) is 8.09. The van der Waals surface area contributed by atoms with Gasteiger partial charge in [0.05, 0.1) is 0 Å². The first-order chi connectivity index (χ1) is 10.5. The van der Waals surface area contributed by atoms with Crippen molar-refractivity contribution in [3.05, 3.63) is 23.9 Å². The molecule has 5 nitrogen and oxygen atoms in total. The molecule has 0 saturated carbocycles. The van der Waals surface area contributed by atoms with Gasteiger partial charge in [-0.1, -0.05) is 26.7 Å². The van der Waals surface area contributed by atoms with Gasteiger partial charge in [-0.15, -0.1) is 24.0 Å². The average molecular weight is 433 g/mol. The minimum absolute atomic E-state index is 0. The van der Waals surface area contributed by atoms with Crippen LogP contribution in [0.3, 0.4) is 0 Å². The predicted octanol–water partition coefficient (Wildman–Crippen LogP) is 3.26. The summed E-state index contributed by atoms with van der Waals surface area (Å²) >= 11 is 0. The zero-order chi connectivity index (χ0) is 16.4. The summed E-state index contributed by atoms with van der Waals surface area (Å²) < 4.78 is 0. The Bertz CT molecular complexity index is 460. The second-order valence-corrected chi connectivity index (χ2v) is 6.16. The number of nitrogens with zero attached hydrogens (tertiary/aromatic N) is 3. The fourth-order valence-electron chi connectivity index (χ4n) is 2.11. The number of rotatable bonds is 8.